The highest BCUT2D eigenvalue weighted by Crippen LogP contribution is 2.21. The second-order valence-electron chi connectivity index (χ2n) is 6.72. The third kappa shape index (κ3) is 4.65. The van der Waals surface area contributed by atoms with Gasteiger partial charge in [0.05, 0.1) is 0 Å². The number of amides is 2. The van der Waals surface area contributed by atoms with Crippen molar-refractivity contribution in [2.75, 3.05) is 25.0 Å². The summed E-state index contributed by atoms with van der Waals surface area (Å²) in [6.07, 6.45) is 5.47. The molecule has 1 aliphatic heterocycles. The molecule has 1 aliphatic rings. The van der Waals surface area contributed by atoms with Crippen LogP contribution in [0.25, 0.3) is 0 Å². The minimum Gasteiger partial charge on any atom is -0.508 e. The minimum absolute atomic E-state index is 0.133. The highest BCUT2D eigenvalue weighted by molar-refractivity contribution is 5.74. The van der Waals surface area contributed by atoms with Crippen LogP contribution in [0.2, 0.25) is 0 Å². The third-order valence-electron chi connectivity index (χ3n) is 4.66. The first-order valence-corrected chi connectivity index (χ1v) is 9.09. The summed E-state index contributed by atoms with van der Waals surface area (Å²) in [6, 6.07) is 10.7. The van der Waals surface area contributed by atoms with E-state index >= 15 is 0 Å². The zero-order valence-electron chi connectivity index (χ0n) is 15.2. The van der Waals surface area contributed by atoms with Gasteiger partial charge in [-0.15, -0.1) is 0 Å². The number of aromatic hydroxyl groups is 1. The molecule has 6 nitrogen and oxygen atoms in total. The van der Waals surface area contributed by atoms with Crippen molar-refractivity contribution in [3.05, 3.63) is 53.7 Å². The summed E-state index contributed by atoms with van der Waals surface area (Å²) in [4.78, 5) is 20.9. The molecule has 2 amide bonds. The van der Waals surface area contributed by atoms with E-state index in [9.17, 15) is 9.90 Å². The molecule has 0 spiro atoms. The maximum Gasteiger partial charge on any atom is 0.317 e. The SMILES string of the molecule is CN(Cc1ccc(O)cc1)C(=O)NCc1cccnc1N1CCCCC1. The number of nitrogens with one attached hydrogen (secondary N) is 1. The van der Waals surface area contributed by atoms with E-state index in [1.54, 1.807) is 24.1 Å². The normalized spacial score (nSPS) is 14.1. The number of rotatable bonds is 5. The zero-order chi connectivity index (χ0) is 18.4. The Hall–Kier alpha value is -2.76. The maximum atomic E-state index is 12.4. The molecule has 26 heavy (non-hydrogen) atoms. The Morgan fingerprint density at radius 1 is 1.19 bits per heavy atom. The molecule has 0 radical (unpaired) electrons. The van der Waals surface area contributed by atoms with E-state index in [-0.39, 0.29) is 11.8 Å². The molecule has 138 valence electrons. The van der Waals surface area contributed by atoms with Gasteiger partial charge in [-0.3, -0.25) is 0 Å². The number of benzene rings is 1. The molecule has 2 aromatic rings. The monoisotopic (exact) mass is 354 g/mol. The van der Waals surface area contributed by atoms with Crippen molar-refractivity contribution in [3.8, 4) is 5.75 Å². The Morgan fingerprint density at radius 3 is 2.65 bits per heavy atom. The highest BCUT2D eigenvalue weighted by Gasteiger charge is 2.16. The molecule has 0 atom stereocenters. The minimum atomic E-state index is -0.133. The van der Waals surface area contributed by atoms with Crippen molar-refractivity contribution < 1.29 is 9.90 Å². The highest BCUT2D eigenvalue weighted by atomic mass is 16.3. The standard InChI is InChI=1S/C20H26N4O2/c1-23(15-16-7-9-18(25)10-8-16)20(26)22-14-17-6-5-11-21-19(17)24-12-3-2-4-13-24/h5-11,25H,2-4,12-15H2,1H3,(H,22,26). The molecule has 3 rings (SSSR count). The number of piperidine rings is 1. The van der Waals surface area contributed by atoms with Crippen LogP contribution >= 0.6 is 0 Å². The number of aromatic nitrogens is 1. The van der Waals surface area contributed by atoms with Gasteiger partial charge in [0, 0.05) is 45.0 Å². The Kier molecular flexibility index (Phi) is 5.94. The summed E-state index contributed by atoms with van der Waals surface area (Å²) in [5.74, 6) is 1.20. The molecule has 1 aromatic heterocycles. The van der Waals surface area contributed by atoms with Gasteiger partial charge < -0.3 is 20.2 Å². The molecule has 1 fully saturated rings. The number of carbonyl (C=O) groups excluding carboxylic acids is 1. The molecular weight excluding hydrogens is 328 g/mol. The number of phenols is 1. The first-order chi connectivity index (χ1) is 12.6. The fraction of sp³-hybridized carbons (Fsp3) is 0.400. The number of anilines is 1. The van der Waals surface area contributed by atoms with Gasteiger partial charge in [0.25, 0.3) is 0 Å². The van der Waals surface area contributed by atoms with Crippen molar-refractivity contribution in [3.63, 3.8) is 0 Å². The summed E-state index contributed by atoms with van der Waals surface area (Å²) < 4.78 is 0. The first kappa shape index (κ1) is 18.0. The lowest BCUT2D eigenvalue weighted by Crippen LogP contribution is -2.37. The molecule has 0 saturated carbocycles. The van der Waals surface area contributed by atoms with Crippen LogP contribution in [0.3, 0.4) is 0 Å². The number of pyridine rings is 1. The van der Waals surface area contributed by atoms with Crippen LogP contribution in [0.5, 0.6) is 5.75 Å². The van der Waals surface area contributed by atoms with Gasteiger partial charge >= 0.3 is 6.03 Å². The topological polar surface area (TPSA) is 68.7 Å². The molecule has 0 unspecified atom stereocenters. The van der Waals surface area contributed by atoms with Gasteiger partial charge in [-0.25, -0.2) is 9.78 Å². The molecular formula is C20H26N4O2. The summed E-state index contributed by atoms with van der Waals surface area (Å²) in [5, 5.41) is 12.3. The van der Waals surface area contributed by atoms with Crippen LogP contribution in [0.1, 0.15) is 30.4 Å². The molecule has 0 aliphatic carbocycles. The largest absolute Gasteiger partial charge is 0.508 e. The second-order valence-corrected chi connectivity index (χ2v) is 6.72. The predicted octanol–water partition coefficient (Wildman–Crippen LogP) is 3.12. The number of hydrogen-bond donors (Lipinski definition) is 2. The summed E-state index contributed by atoms with van der Waals surface area (Å²) in [7, 11) is 1.76. The summed E-state index contributed by atoms with van der Waals surface area (Å²) >= 11 is 0. The average Bonchev–Trinajstić information content (AvgIpc) is 2.68. The Morgan fingerprint density at radius 2 is 1.92 bits per heavy atom. The first-order valence-electron chi connectivity index (χ1n) is 9.09. The Balaban J connectivity index is 1.58. The van der Waals surface area contributed by atoms with Crippen LogP contribution in [0, 0.1) is 0 Å². The Bertz CT molecular complexity index is 727. The van der Waals surface area contributed by atoms with E-state index in [2.05, 4.69) is 15.2 Å². The summed E-state index contributed by atoms with van der Waals surface area (Å²) in [6.45, 7) is 2.99. The van der Waals surface area contributed by atoms with Gasteiger partial charge in [-0.05, 0) is 43.0 Å². The van der Waals surface area contributed by atoms with Crippen LogP contribution < -0.4 is 10.2 Å². The Labute approximate surface area is 154 Å². The zero-order valence-corrected chi connectivity index (χ0v) is 15.2. The lowest BCUT2D eigenvalue weighted by Gasteiger charge is -2.29. The van der Waals surface area contributed by atoms with Crippen molar-refractivity contribution in [2.24, 2.45) is 0 Å². The van der Waals surface area contributed by atoms with Crippen molar-refractivity contribution in [2.45, 2.75) is 32.4 Å². The smallest absolute Gasteiger partial charge is 0.317 e. The van der Waals surface area contributed by atoms with E-state index in [0.717, 1.165) is 30.0 Å². The van der Waals surface area contributed by atoms with Crippen molar-refractivity contribution in [1.82, 2.24) is 15.2 Å². The van der Waals surface area contributed by atoms with Crippen LogP contribution in [-0.2, 0) is 13.1 Å². The second kappa shape index (κ2) is 8.56. The van der Waals surface area contributed by atoms with E-state index < -0.39 is 0 Å². The van der Waals surface area contributed by atoms with Gasteiger partial charge in [0.2, 0.25) is 0 Å². The lowest BCUT2D eigenvalue weighted by molar-refractivity contribution is 0.206. The average molecular weight is 354 g/mol. The molecule has 1 aromatic carbocycles. The summed E-state index contributed by atoms with van der Waals surface area (Å²) in [5.41, 5.74) is 2.01. The number of urea groups is 1. The van der Waals surface area contributed by atoms with E-state index in [1.807, 2.05) is 30.5 Å². The molecule has 0 bridgehead atoms. The fourth-order valence-corrected chi connectivity index (χ4v) is 3.21. The molecule has 2 heterocycles. The van der Waals surface area contributed by atoms with Gasteiger partial charge in [0.1, 0.15) is 11.6 Å². The van der Waals surface area contributed by atoms with Crippen molar-refractivity contribution in [1.29, 1.82) is 0 Å². The maximum absolute atomic E-state index is 12.4. The van der Waals surface area contributed by atoms with E-state index in [1.165, 1.54) is 19.3 Å². The lowest BCUT2D eigenvalue weighted by atomic mass is 10.1. The van der Waals surface area contributed by atoms with Crippen LogP contribution in [-0.4, -0.2) is 41.2 Å². The quantitative estimate of drug-likeness (QED) is 0.866. The molecule has 2 N–H and O–H groups in total. The number of carbonyl (C=O) groups is 1. The van der Waals surface area contributed by atoms with Gasteiger partial charge in [-0.2, -0.15) is 0 Å². The predicted molar refractivity (Wildman–Crippen MR) is 102 cm³/mol. The molecule has 6 heteroatoms. The van der Waals surface area contributed by atoms with Crippen molar-refractivity contribution >= 4 is 11.8 Å². The number of hydrogen-bond acceptors (Lipinski definition) is 4. The van der Waals surface area contributed by atoms with Crippen LogP contribution in [0.4, 0.5) is 10.6 Å². The van der Waals surface area contributed by atoms with Crippen LogP contribution in [0.15, 0.2) is 42.6 Å². The number of phenolic OH excluding ortho intramolecular Hbond substituents is 1. The van der Waals surface area contributed by atoms with E-state index in [4.69, 9.17) is 0 Å². The van der Waals surface area contributed by atoms with Gasteiger partial charge in [-0.1, -0.05) is 18.2 Å². The molecule has 1 saturated heterocycles. The third-order valence-corrected chi connectivity index (χ3v) is 4.66. The number of nitrogens with zero attached hydrogens (tertiary/aromatic N) is 3. The van der Waals surface area contributed by atoms with Gasteiger partial charge in [0.15, 0.2) is 0 Å². The fourth-order valence-electron chi connectivity index (χ4n) is 3.21. The van der Waals surface area contributed by atoms with E-state index in [0.29, 0.717) is 13.1 Å².